The van der Waals surface area contributed by atoms with Gasteiger partial charge in [0.1, 0.15) is 0 Å². The maximum Gasteiger partial charge on any atom is 0.270 e. The van der Waals surface area contributed by atoms with Crippen molar-refractivity contribution in [1.29, 1.82) is 0 Å². The summed E-state index contributed by atoms with van der Waals surface area (Å²) in [6.07, 6.45) is 0. The molecule has 98 valence electrons. The lowest BCUT2D eigenvalue weighted by atomic mass is 10.1. The zero-order valence-corrected chi connectivity index (χ0v) is 10.8. The quantitative estimate of drug-likeness (QED) is 0.642. The molecule has 0 saturated heterocycles. The topological polar surface area (TPSA) is 75.5 Å². The molecule has 0 spiro atoms. The van der Waals surface area contributed by atoms with Crippen molar-refractivity contribution in [3.63, 3.8) is 0 Å². The van der Waals surface area contributed by atoms with Crippen molar-refractivity contribution < 1.29 is 9.72 Å². The molecule has 0 unspecified atom stereocenters. The Kier molecular flexibility index (Phi) is 4.65. The minimum absolute atomic E-state index is 0.0792. The average molecular weight is 251 g/mol. The molecule has 0 aromatic heterocycles. The van der Waals surface area contributed by atoms with Crippen molar-refractivity contribution in [2.45, 2.75) is 13.8 Å². The summed E-state index contributed by atoms with van der Waals surface area (Å²) in [7, 11) is 1.68. The number of carbonyl (C=O) groups is 1. The van der Waals surface area contributed by atoms with Crippen LogP contribution < -0.4 is 5.32 Å². The Morgan fingerprint density at radius 2 is 2.00 bits per heavy atom. The first-order valence-corrected chi connectivity index (χ1v) is 5.80. The van der Waals surface area contributed by atoms with Crippen molar-refractivity contribution >= 4 is 17.3 Å². The maximum atomic E-state index is 12.2. The Labute approximate surface area is 106 Å². The smallest absolute Gasteiger partial charge is 0.270 e. The number of nitro benzene ring substituents is 1. The second-order valence-corrected chi connectivity index (χ2v) is 3.71. The Morgan fingerprint density at radius 3 is 2.44 bits per heavy atom. The van der Waals surface area contributed by atoms with E-state index in [1.165, 1.54) is 12.1 Å². The molecule has 0 aliphatic carbocycles. The number of nitrogens with zero attached hydrogens (tertiary/aromatic N) is 2. The second-order valence-electron chi connectivity index (χ2n) is 3.71. The standard InChI is InChI=1S/C12H17N3O3/c1-4-14(5-2)12(16)10-8-9(15(17)18)6-7-11(10)13-3/h6-8,13H,4-5H2,1-3H3. The number of hydrogen-bond acceptors (Lipinski definition) is 4. The van der Waals surface area contributed by atoms with Crippen LogP contribution in [0.15, 0.2) is 18.2 Å². The van der Waals surface area contributed by atoms with Gasteiger partial charge in [0, 0.05) is 38.0 Å². The van der Waals surface area contributed by atoms with Gasteiger partial charge in [-0.3, -0.25) is 14.9 Å². The van der Waals surface area contributed by atoms with Crippen molar-refractivity contribution in [3.8, 4) is 0 Å². The molecule has 0 atom stereocenters. The fourth-order valence-electron chi connectivity index (χ4n) is 1.72. The van der Waals surface area contributed by atoms with Gasteiger partial charge in [0.15, 0.2) is 0 Å². The molecule has 0 fully saturated rings. The van der Waals surface area contributed by atoms with Gasteiger partial charge < -0.3 is 10.2 Å². The molecule has 6 heteroatoms. The van der Waals surface area contributed by atoms with Crippen molar-refractivity contribution in [3.05, 3.63) is 33.9 Å². The molecule has 1 N–H and O–H groups in total. The SMILES string of the molecule is CCN(CC)C(=O)c1cc([N+](=O)[O-])ccc1NC. The van der Waals surface area contributed by atoms with E-state index in [0.29, 0.717) is 24.3 Å². The molecule has 1 rings (SSSR count). The van der Waals surface area contributed by atoms with E-state index in [1.54, 1.807) is 18.0 Å². The Morgan fingerprint density at radius 1 is 1.39 bits per heavy atom. The number of nitro groups is 1. The number of nitrogens with one attached hydrogen (secondary N) is 1. The lowest BCUT2D eigenvalue weighted by Gasteiger charge is -2.20. The normalized spacial score (nSPS) is 9.94. The van der Waals surface area contributed by atoms with Gasteiger partial charge in [-0.05, 0) is 19.9 Å². The predicted molar refractivity (Wildman–Crippen MR) is 69.9 cm³/mol. The minimum atomic E-state index is -0.502. The fraction of sp³-hybridized carbons (Fsp3) is 0.417. The summed E-state index contributed by atoms with van der Waals surface area (Å²) in [6, 6.07) is 4.24. The molecule has 0 aliphatic heterocycles. The van der Waals surface area contributed by atoms with Crippen LogP contribution in [0.2, 0.25) is 0 Å². The summed E-state index contributed by atoms with van der Waals surface area (Å²) in [4.78, 5) is 24.1. The van der Waals surface area contributed by atoms with E-state index < -0.39 is 4.92 Å². The third kappa shape index (κ3) is 2.77. The first kappa shape index (κ1) is 14.0. The highest BCUT2D eigenvalue weighted by Crippen LogP contribution is 2.23. The van der Waals surface area contributed by atoms with Crippen LogP contribution in [0.3, 0.4) is 0 Å². The molecule has 1 aromatic rings. The monoisotopic (exact) mass is 251 g/mol. The fourth-order valence-corrected chi connectivity index (χ4v) is 1.72. The molecular weight excluding hydrogens is 234 g/mol. The summed E-state index contributed by atoms with van der Waals surface area (Å²) >= 11 is 0. The Hall–Kier alpha value is -2.11. The van der Waals surface area contributed by atoms with E-state index in [2.05, 4.69) is 5.32 Å². The Balaban J connectivity index is 3.23. The first-order chi connectivity index (χ1) is 8.54. The lowest BCUT2D eigenvalue weighted by Crippen LogP contribution is -2.31. The van der Waals surface area contributed by atoms with Crippen LogP contribution in [-0.4, -0.2) is 35.9 Å². The zero-order chi connectivity index (χ0) is 13.7. The Bertz CT molecular complexity index is 456. The molecule has 0 aliphatic rings. The molecular formula is C12H17N3O3. The number of rotatable bonds is 5. The van der Waals surface area contributed by atoms with Gasteiger partial charge in [0.2, 0.25) is 0 Å². The molecule has 0 radical (unpaired) electrons. The van der Waals surface area contributed by atoms with E-state index >= 15 is 0 Å². The first-order valence-electron chi connectivity index (χ1n) is 5.80. The van der Waals surface area contributed by atoms with Crippen molar-refractivity contribution in [2.75, 3.05) is 25.5 Å². The zero-order valence-electron chi connectivity index (χ0n) is 10.8. The van der Waals surface area contributed by atoms with E-state index in [1.807, 2.05) is 13.8 Å². The second kappa shape index (κ2) is 6.00. The van der Waals surface area contributed by atoms with E-state index in [-0.39, 0.29) is 11.6 Å². The van der Waals surface area contributed by atoms with Gasteiger partial charge in [-0.1, -0.05) is 0 Å². The number of non-ortho nitro benzene ring substituents is 1. The average Bonchev–Trinajstić information content (AvgIpc) is 2.39. The van der Waals surface area contributed by atoms with Crippen LogP contribution in [-0.2, 0) is 0 Å². The molecule has 0 saturated carbocycles. The van der Waals surface area contributed by atoms with Gasteiger partial charge in [-0.15, -0.1) is 0 Å². The third-order valence-electron chi connectivity index (χ3n) is 2.76. The number of amides is 1. The van der Waals surface area contributed by atoms with E-state index in [0.717, 1.165) is 0 Å². The van der Waals surface area contributed by atoms with Gasteiger partial charge in [-0.2, -0.15) is 0 Å². The summed E-state index contributed by atoms with van der Waals surface area (Å²) < 4.78 is 0. The number of benzene rings is 1. The van der Waals surface area contributed by atoms with Crippen molar-refractivity contribution in [2.24, 2.45) is 0 Å². The lowest BCUT2D eigenvalue weighted by molar-refractivity contribution is -0.384. The van der Waals surface area contributed by atoms with E-state index in [4.69, 9.17) is 0 Å². The summed E-state index contributed by atoms with van der Waals surface area (Å²) in [5.41, 5.74) is 0.845. The van der Waals surface area contributed by atoms with Crippen LogP contribution >= 0.6 is 0 Å². The highest BCUT2D eigenvalue weighted by molar-refractivity contribution is 6.00. The molecule has 0 heterocycles. The summed E-state index contributed by atoms with van der Waals surface area (Å²) in [6.45, 7) is 4.89. The predicted octanol–water partition coefficient (Wildman–Crippen LogP) is 2.12. The van der Waals surface area contributed by atoms with Crippen LogP contribution in [0.25, 0.3) is 0 Å². The molecule has 6 nitrogen and oxygen atoms in total. The van der Waals surface area contributed by atoms with Crippen LogP contribution in [0.4, 0.5) is 11.4 Å². The summed E-state index contributed by atoms with van der Waals surface area (Å²) in [5.74, 6) is -0.201. The van der Waals surface area contributed by atoms with E-state index in [9.17, 15) is 14.9 Å². The largest absolute Gasteiger partial charge is 0.387 e. The highest BCUT2D eigenvalue weighted by Gasteiger charge is 2.19. The molecule has 0 bridgehead atoms. The van der Waals surface area contributed by atoms with Gasteiger partial charge in [0.05, 0.1) is 10.5 Å². The number of anilines is 1. The van der Waals surface area contributed by atoms with Gasteiger partial charge >= 0.3 is 0 Å². The highest BCUT2D eigenvalue weighted by atomic mass is 16.6. The number of hydrogen-bond donors (Lipinski definition) is 1. The van der Waals surface area contributed by atoms with Gasteiger partial charge in [0.25, 0.3) is 11.6 Å². The van der Waals surface area contributed by atoms with Crippen LogP contribution in [0.1, 0.15) is 24.2 Å². The van der Waals surface area contributed by atoms with Gasteiger partial charge in [-0.25, -0.2) is 0 Å². The molecule has 1 amide bonds. The molecule has 1 aromatic carbocycles. The maximum absolute atomic E-state index is 12.2. The van der Waals surface area contributed by atoms with Crippen LogP contribution in [0.5, 0.6) is 0 Å². The van der Waals surface area contributed by atoms with Crippen molar-refractivity contribution in [1.82, 2.24) is 4.90 Å². The summed E-state index contributed by atoms with van der Waals surface area (Å²) in [5, 5.41) is 13.6. The van der Waals surface area contributed by atoms with Crippen LogP contribution in [0, 0.1) is 10.1 Å². The number of carbonyl (C=O) groups excluding carboxylic acids is 1. The minimum Gasteiger partial charge on any atom is -0.387 e. The third-order valence-corrected chi connectivity index (χ3v) is 2.76. The molecule has 18 heavy (non-hydrogen) atoms.